The second-order valence-corrected chi connectivity index (χ2v) is 4.24. The van der Waals surface area contributed by atoms with E-state index in [2.05, 4.69) is 15.0 Å². The number of nitrogens with zero attached hydrogens (tertiary/aromatic N) is 2. The number of nitrogens with two attached hydrogens (primary N) is 1. The molecule has 5 heteroatoms. The van der Waals surface area contributed by atoms with Gasteiger partial charge >= 0.3 is 0 Å². The van der Waals surface area contributed by atoms with Crippen molar-refractivity contribution in [1.29, 1.82) is 0 Å². The number of rotatable bonds is 2. The molecule has 3 N–H and O–H groups in total. The molecule has 92 valence electrons. The number of imidazole rings is 1. The number of benzene rings is 1. The molecule has 0 aliphatic heterocycles. The molecule has 18 heavy (non-hydrogen) atoms. The van der Waals surface area contributed by atoms with Crippen LogP contribution < -0.4 is 5.73 Å². The van der Waals surface area contributed by atoms with Gasteiger partial charge in [0.25, 0.3) is 6.01 Å². The summed E-state index contributed by atoms with van der Waals surface area (Å²) in [6, 6.07) is 6.16. The Labute approximate surface area is 104 Å². The lowest BCUT2D eigenvalue weighted by Gasteiger charge is -1.98. The molecular formula is C13H14N4O. The smallest absolute Gasteiger partial charge is 0.292 e. The standard InChI is InChI=1S/C13H14N4O/c1-3-9-12(18-13(14)17-9)8-4-5-10-11(6-8)16-7(2)15-10/h4-6H,3H2,1-2H3,(H2,14,17)(H,15,16). The van der Waals surface area contributed by atoms with E-state index < -0.39 is 0 Å². The van der Waals surface area contributed by atoms with Crippen LogP contribution in [0.4, 0.5) is 6.01 Å². The number of aromatic amines is 1. The van der Waals surface area contributed by atoms with Crippen LogP contribution in [0.3, 0.4) is 0 Å². The first-order valence-electron chi connectivity index (χ1n) is 5.89. The number of aryl methyl sites for hydroxylation is 2. The third-order valence-corrected chi connectivity index (χ3v) is 2.91. The van der Waals surface area contributed by atoms with Gasteiger partial charge < -0.3 is 15.1 Å². The minimum Gasteiger partial charge on any atom is -0.423 e. The molecule has 5 nitrogen and oxygen atoms in total. The van der Waals surface area contributed by atoms with Crippen molar-refractivity contribution in [2.75, 3.05) is 5.73 Å². The molecule has 3 aromatic rings. The number of fused-ring (bicyclic) bond motifs is 1. The van der Waals surface area contributed by atoms with Crippen LogP contribution in [0.2, 0.25) is 0 Å². The molecule has 0 atom stereocenters. The molecule has 3 rings (SSSR count). The summed E-state index contributed by atoms with van der Waals surface area (Å²) in [5.74, 6) is 1.64. The Hall–Kier alpha value is -2.30. The fraction of sp³-hybridized carbons (Fsp3) is 0.231. The first-order chi connectivity index (χ1) is 8.67. The van der Waals surface area contributed by atoms with Crippen LogP contribution in [0.25, 0.3) is 22.4 Å². The summed E-state index contributed by atoms with van der Waals surface area (Å²) in [6.07, 6.45) is 0.788. The van der Waals surface area contributed by atoms with E-state index in [9.17, 15) is 0 Å². The monoisotopic (exact) mass is 242 g/mol. The highest BCUT2D eigenvalue weighted by Gasteiger charge is 2.13. The van der Waals surface area contributed by atoms with Gasteiger partial charge in [-0.3, -0.25) is 0 Å². The van der Waals surface area contributed by atoms with E-state index in [1.54, 1.807) is 0 Å². The van der Waals surface area contributed by atoms with Gasteiger partial charge in [0.05, 0.1) is 16.7 Å². The molecule has 0 saturated heterocycles. The number of hydrogen-bond acceptors (Lipinski definition) is 4. The van der Waals surface area contributed by atoms with Crippen molar-refractivity contribution in [3.8, 4) is 11.3 Å². The molecule has 2 heterocycles. The molecule has 0 amide bonds. The quantitative estimate of drug-likeness (QED) is 0.724. The fourth-order valence-electron chi connectivity index (χ4n) is 2.11. The maximum absolute atomic E-state index is 5.61. The Morgan fingerprint density at radius 3 is 2.94 bits per heavy atom. The van der Waals surface area contributed by atoms with Crippen LogP contribution in [0.5, 0.6) is 0 Å². The first-order valence-corrected chi connectivity index (χ1v) is 5.89. The number of nitrogen functional groups attached to an aromatic ring is 1. The second-order valence-electron chi connectivity index (χ2n) is 4.24. The molecule has 0 bridgehead atoms. The van der Waals surface area contributed by atoms with Crippen molar-refractivity contribution in [3.63, 3.8) is 0 Å². The number of aromatic nitrogens is 3. The van der Waals surface area contributed by atoms with E-state index in [1.807, 2.05) is 32.0 Å². The highest BCUT2D eigenvalue weighted by atomic mass is 16.4. The third-order valence-electron chi connectivity index (χ3n) is 2.91. The van der Waals surface area contributed by atoms with Gasteiger partial charge in [-0.2, -0.15) is 4.98 Å². The van der Waals surface area contributed by atoms with Gasteiger partial charge in [-0.05, 0) is 31.5 Å². The Bertz CT molecular complexity index is 711. The summed E-state index contributed by atoms with van der Waals surface area (Å²) in [4.78, 5) is 11.8. The van der Waals surface area contributed by atoms with Gasteiger partial charge in [-0.15, -0.1) is 0 Å². The van der Waals surface area contributed by atoms with Crippen LogP contribution in [0, 0.1) is 6.92 Å². The lowest BCUT2D eigenvalue weighted by Crippen LogP contribution is -1.86. The average Bonchev–Trinajstić information content (AvgIpc) is 2.89. The van der Waals surface area contributed by atoms with Crippen LogP contribution >= 0.6 is 0 Å². The molecular weight excluding hydrogens is 228 g/mol. The van der Waals surface area contributed by atoms with Crippen molar-refractivity contribution in [3.05, 3.63) is 29.7 Å². The molecule has 0 radical (unpaired) electrons. The van der Waals surface area contributed by atoms with Gasteiger partial charge in [-0.1, -0.05) is 6.92 Å². The highest BCUT2D eigenvalue weighted by molar-refractivity contribution is 5.81. The Morgan fingerprint density at radius 2 is 2.17 bits per heavy atom. The van der Waals surface area contributed by atoms with Crippen molar-refractivity contribution >= 4 is 17.0 Å². The zero-order valence-corrected chi connectivity index (χ0v) is 10.3. The summed E-state index contributed by atoms with van der Waals surface area (Å²) in [5, 5.41) is 0. The fourth-order valence-corrected chi connectivity index (χ4v) is 2.11. The van der Waals surface area contributed by atoms with Gasteiger partial charge in [-0.25, -0.2) is 4.98 Å². The van der Waals surface area contributed by atoms with E-state index >= 15 is 0 Å². The van der Waals surface area contributed by atoms with Crippen molar-refractivity contribution in [1.82, 2.24) is 15.0 Å². The number of oxazole rings is 1. The summed E-state index contributed by atoms with van der Waals surface area (Å²) >= 11 is 0. The highest BCUT2D eigenvalue weighted by Crippen LogP contribution is 2.28. The largest absolute Gasteiger partial charge is 0.423 e. The number of hydrogen-bond donors (Lipinski definition) is 2. The second kappa shape index (κ2) is 3.87. The van der Waals surface area contributed by atoms with Crippen LogP contribution in [-0.2, 0) is 6.42 Å². The Kier molecular flexibility index (Phi) is 2.33. The zero-order valence-electron chi connectivity index (χ0n) is 10.3. The van der Waals surface area contributed by atoms with Crippen LogP contribution in [0.15, 0.2) is 22.6 Å². The van der Waals surface area contributed by atoms with Crippen molar-refractivity contribution in [2.24, 2.45) is 0 Å². The van der Waals surface area contributed by atoms with E-state index in [-0.39, 0.29) is 6.01 Å². The molecule has 0 aliphatic rings. The topological polar surface area (TPSA) is 80.7 Å². The Balaban J connectivity index is 2.18. The summed E-state index contributed by atoms with van der Waals surface area (Å²) in [5.41, 5.74) is 9.39. The lowest BCUT2D eigenvalue weighted by atomic mass is 10.1. The minimum absolute atomic E-state index is 0.211. The molecule has 0 aliphatic carbocycles. The maximum atomic E-state index is 5.61. The van der Waals surface area contributed by atoms with E-state index in [1.165, 1.54) is 0 Å². The van der Waals surface area contributed by atoms with Gasteiger partial charge in [0.15, 0.2) is 5.76 Å². The number of anilines is 1. The van der Waals surface area contributed by atoms with Gasteiger partial charge in [0.2, 0.25) is 0 Å². The predicted octanol–water partition coefficient (Wildman–Crippen LogP) is 2.67. The van der Waals surface area contributed by atoms with E-state index in [0.29, 0.717) is 0 Å². The molecule has 0 spiro atoms. The minimum atomic E-state index is 0.211. The lowest BCUT2D eigenvalue weighted by molar-refractivity contribution is 0.593. The normalized spacial score (nSPS) is 11.2. The maximum Gasteiger partial charge on any atom is 0.292 e. The summed E-state index contributed by atoms with van der Waals surface area (Å²) < 4.78 is 5.48. The van der Waals surface area contributed by atoms with E-state index in [4.69, 9.17) is 10.2 Å². The number of nitrogens with one attached hydrogen (secondary N) is 1. The van der Waals surface area contributed by atoms with Gasteiger partial charge in [0.1, 0.15) is 5.82 Å². The molecule has 0 unspecified atom stereocenters. The molecule has 2 aromatic heterocycles. The van der Waals surface area contributed by atoms with Crippen LogP contribution in [-0.4, -0.2) is 15.0 Å². The number of H-pyrrole nitrogens is 1. The summed E-state index contributed by atoms with van der Waals surface area (Å²) in [7, 11) is 0. The third kappa shape index (κ3) is 1.64. The molecule has 0 fully saturated rings. The Morgan fingerprint density at radius 1 is 1.33 bits per heavy atom. The average molecular weight is 242 g/mol. The van der Waals surface area contributed by atoms with Crippen molar-refractivity contribution < 1.29 is 4.42 Å². The predicted molar refractivity (Wildman–Crippen MR) is 70.1 cm³/mol. The SMILES string of the molecule is CCc1nc(N)oc1-c1ccc2nc(C)[nH]c2c1. The summed E-state index contributed by atoms with van der Waals surface area (Å²) in [6.45, 7) is 3.96. The van der Waals surface area contributed by atoms with Crippen LogP contribution in [0.1, 0.15) is 18.4 Å². The zero-order chi connectivity index (χ0) is 12.7. The van der Waals surface area contributed by atoms with Gasteiger partial charge in [0, 0.05) is 5.56 Å². The molecule has 1 aromatic carbocycles. The van der Waals surface area contributed by atoms with Crippen molar-refractivity contribution in [2.45, 2.75) is 20.3 Å². The van der Waals surface area contributed by atoms with E-state index in [0.717, 1.165) is 40.3 Å². The molecule has 0 saturated carbocycles. The first kappa shape index (κ1) is 10.8.